The van der Waals surface area contributed by atoms with Gasteiger partial charge in [0.05, 0.1) is 11.1 Å². The maximum Gasteiger partial charge on any atom is 0.336 e. The van der Waals surface area contributed by atoms with Crippen LogP contribution in [0.5, 0.6) is 11.5 Å². The van der Waals surface area contributed by atoms with Gasteiger partial charge in [-0.15, -0.1) is 0 Å². The van der Waals surface area contributed by atoms with Crippen LogP contribution < -0.4 is 9.64 Å². The van der Waals surface area contributed by atoms with Crippen molar-refractivity contribution < 1.29 is 29.6 Å². The van der Waals surface area contributed by atoms with Gasteiger partial charge in [-0.25, -0.2) is 9.59 Å². The maximum absolute atomic E-state index is 11.6. The Hall–Kier alpha value is -4.82. The summed E-state index contributed by atoms with van der Waals surface area (Å²) >= 11 is 0. The third kappa shape index (κ3) is 8.28. The minimum atomic E-state index is -1.28. The summed E-state index contributed by atoms with van der Waals surface area (Å²) in [6, 6.07) is 20.0. The highest BCUT2D eigenvalue weighted by molar-refractivity contribution is 6.02. The van der Waals surface area contributed by atoms with E-state index in [-0.39, 0.29) is 29.1 Å². The highest BCUT2D eigenvalue weighted by atomic mass is 16.5. The smallest absolute Gasteiger partial charge is 0.336 e. The molecule has 3 aliphatic rings. The predicted octanol–water partition coefficient (Wildman–Crippen LogP) is 8.71. The van der Waals surface area contributed by atoms with Gasteiger partial charge in [-0.05, 0) is 117 Å². The number of anilines is 1. The number of piperidine rings is 1. The Bertz CT molecular complexity index is 1810. The van der Waals surface area contributed by atoms with Gasteiger partial charge in [0.2, 0.25) is 0 Å². The zero-order chi connectivity index (χ0) is 36.9. The third-order valence-electron chi connectivity index (χ3n) is 11.3. The minimum Gasteiger partial charge on any atom is -0.508 e. The van der Waals surface area contributed by atoms with Gasteiger partial charge in [0.1, 0.15) is 17.6 Å². The number of allylic oxidation sites excluding steroid dienone is 5. The van der Waals surface area contributed by atoms with Crippen LogP contribution in [0.1, 0.15) is 96.2 Å². The minimum absolute atomic E-state index is 0.0225. The quantitative estimate of drug-likeness (QED) is 0.152. The molecule has 52 heavy (non-hydrogen) atoms. The fourth-order valence-corrected chi connectivity index (χ4v) is 8.44. The number of fused-ring (bicyclic) bond motifs is 1. The highest BCUT2D eigenvalue weighted by Crippen LogP contribution is 2.45. The number of ether oxygens (including phenoxy) is 1. The summed E-state index contributed by atoms with van der Waals surface area (Å²) < 4.78 is 6.09. The lowest BCUT2D eigenvalue weighted by molar-refractivity contribution is -0.00663. The molecule has 1 saturated carbocycles. The summed E-state index contributed by atoms with van der Waals surface area (Å²) in [4.78, 5) is 28.1. The Balaban J connectivity index is 1.05. The molecule has 3 aromatic carbocycles. The summed E-state index contributed by atoms with van der Waals surface area (Å²) in [5.41, 5.74) is 5.68. The van der Waals surface area contributed by atoms with Gasteiger partial charge >= 0.3 is 11.9 Å². The summed E-state index contributed by atoms with van der Waals surface area (Å²) in [7, 11) is 0. The molecule has 2 atom stereocenters. The average molecular weight is 705 g/mol. The molecule has 0 unspecified atom stereocenters. The Morgan fingerprint density at radius 2 is 1.65 bits per heavy atom. The number of carboxylic acids is 2. The fraction of sp³-hybridized carbons (Fsp3) is 0.409. The third-order valence-corrected chi connectivity index (χ3v) is 11.3. The van der Waals surface area contributed by atoms with E-state index in [0.29, 0.717) is 29.5 Å². The molecule has 0 spiro atoms. The van der Waals surface area contributed by atoms with Crippen molar-refractivity contribution >= 4 is 17.6 Å². The van der Waals surface area contributed by atoms with Crippen molar-refractivity contribution in [3.8, 4) is 11.5 Å². The zero-order valence-electron chi connectivity index (χ0n) is 30.6. The van der Waals surface area contributed by atoms with Crippen molar-refractivity contribution in [2.45, 2.75) is 83.4 Å². The molecule has 274 valence electrons. The predicted molar refractivity (Wildman–Crippen MR) is 206 cm³/mol. The van der Waals surface area contributed by atoms with Crippen LogP contribution in [0.15, 0.2) is 97.1 Å². The second kappa shape index (κ2) is 16.2. The number of carbonyl (C=O) groups is 2. The van der Waals surface area contributed by atoms with E-state index in [2.05, 4.69) is 72.7 Å². The zero-order valence-corrected chi connectivity index (χ0v) is 30.6. The number of aryl methyl sites for hydroxylation is 1. The van der Waals surface area contributed by atoms with E-state index >= 15 is 0 Å². The normalized spacial score (nSPS) is 22.1. The number of hydrogen-bond donors (Lipinski definition) is 3. The molecule has 2 fully saturated rings. The lowest BCUT2D eigenvalue weighted by atomic mass is 9.69. The molecule has 1 heterocycles. The van der Waals surface area contributed by atoms with Gasteiger partial charge in [0.25, 0.3) is 0 Å². The van der Waals surface area contributed by atoms with E-state index < -0.39 is 11.9 Å². The number of phenols is 1. The van der Waals surface area contributed by atoms with Crippen LogP contribution in [-0.4, -0.2) is 70.0 Å². The molecule has 0 radical (unpaired) electrons. The first-order valence-corrected chi connectivity index (χ1v) is 18.7. The van der Waals surface area contributed by atoms with Crippen LogP contribution in [0, 0.1) is 11.8 Å². The molecule has 8 nitrogen and oxygen atoms in total. The van der Waals surface area contributed by atoms with Gasteiger partial charge in [0.15, 0.2) is 0 Å². The van der Waals surface area contributed by atoms with Crippen molar-refractivity contribution in [1.82, 2.24) is 4.90 Å². The van der Waals surface area contributed by atoms with Gasteiger partial charge in [-0.1, -0.05) is 54.7 Å². The van der Waals surface area contributed by atoms with E-state index in [1.165, 1.54) is 34.5 Å². The number of nitrogens with zero attached hydrogens (tertiary/aromatic N) is 2. The van der Waals surface area contributed by atoms with Crippen molar-refractivity contribution in [2.24, 2.45) is 11.8 Å². The average Bonchev–Trinajstić information content (AvgIpc) is 3.11. The Labute approximate surface area is 307 Å². The standard InChI is InChI=1S/C44H52N2O6/c1-5-6-7-8-29(4)38-16-11-32-23-35(47)14-17-39(32)42(38)31-9-12-33(13-10-31)45-21-19-30(20-22-45)27-46(28(2)3)34-24-37(25-34)52-36-15-18-40(43(48)49)41(26-36)44(50)51/h5-10,12-15,17-18,23,26,28,30,34,37-38,42,47H,4,11,16,19-22,24-25,27H2,1-3H3,(H,48,49)(H,50,51)/b6-5-,8-7-/t34?,37?,38-,42+/m1/s1. The topological polar surface area (TPSA) is 111 Å². The number of aromatic carboxylic acids is 2. The van der Waals surface area contributed by atoms with Crippen LogP contribution in [0.25, 0.3) is 0 Å². The monoisotopic (exact) mass is 704 g/mol. The Morgan fingerprint density at radius 3 is 2.31 bits per heavy atom. The summed E-state index contributed by atoms with van der Waals surface area (Å²) in [5.74, 6) is -0.741. The van der Waals surface area contributed by atoms with Gasteiger partial charge in [0, 0.05) is 56.2 Å². The van der Waals surface area contributed by atoms with E-state index in [0.717, 1.165) is 63.7 Å². The largest absolute Gasteiger partial charge is 0.508 e. The van der Waals surface area contributed by atoms with E-state index in [1.54, 1.807) is 6.07 Å². The molecule has 1 saturated heterocycles. The highest BCUT2D eigenvalue weighted by Gasteiger charge is 2.38. The number of phenolic OH excluding ortho intramolecular Hbond substituents is 1. The summed E-state index contributed by atoms with van der Waals surface area (Å²) in [6.07, 6.45) is 14.2. The molecule has 1 aliphatic heterocycles. The number of hydrogen-bond acceptors (Lipinski definition) is 6. The number of carboxylic acid groups (broad SMARTS) is 2. The molecule has 6 rings (SSSR count). The van der Waals surface area contributed by atoms with Crippen LogP contribution in [0.4, 0.5) is 5.69 Å². The molecule has 3 aromatic rings. The molecule has 8 heteroatoms. The number of rotatable bonds is 13. The second-order valence-corrected chi connectivity index (χ2v) is 15.0. The van der Waals surface area contributed by atoms with Gasteiger partial charge in [-0.3, -0.25) is 4.90 Å². The first kappa shape index (κ1) is 37.0. The summed E-state index contributed by atoms with van der Waals surface area (Å²) in [6.45, 7) is 14.1. The fourth-order valence-electron chi connectivity index (χ4n) is 8.44. The van der Waals surface area contributed by atoms with Crippen LogP contribution in [-0.2, 0) is 6.42 Å². The molecule has 0 amide bonds. The molecule has 0 aromatic heterocycles. The van der Waals surface area contributed by atoms with Crippen molar-refractivity contribution in [1.29, 1.82) is 0 Å². The lowest BCUT2D eigenvalue weighted by Gasteiger charge is -2.46. The van der Waals surface area contributed by atoms with Crippen LogP contribution >= 0.6 is 0 Å². The van der Waals surface area contributed by atoms with Crippen molar-refractivity contribution in [3.63, 3.8) is 0 Å². The van der Waals surface area contributed by atoms with E-state index in [1.807, 2.05) is 31.2 Å². The SMILES string of the molecule is C=C(/C=C\C=C/C)[C@H]1CCc2cc(O)ccc2[C@H]1c1ccc(N2CCC(CN(C(C)C)C3CC(Oc4ccc(C(=O)O)c(C(=O)O)c4)C3)CC2)cc1. The van der Waals surface area contributed by atoms with E-state index in [9.17, 15) is 24.9 Å². The summed E-state index contributed by atoms with van der Waals surface area (Å²) in [5, 5.41) is 29.0. The molecular weight excluding hydrogens is 652 g/mol. The molecular formula is C44H52N2O6. The Morgan fingerprint density at radius 1 is 0.942 bits per heavy atom. The molecule has 2 aliphatic carbocycles. The maximum atomic E-state index is 11.6. The number of aromatic hydroxyl groups is 1. The Kier molecular flexibility index (Phi) is 11.5. The van der Waals surface area contributed by atoms with E-state index in [4.69, 9.17) is 4.74 Å². The van der Waals surface area contributed by atoms with Crippen LogP contribution in [0.2, 0.25) is 0 Å². The lowest BCUT2D eigenvalue weighted by Crippen LogP contribution is -2.53. The van der Waals surface area contributed by atoms with Gasteiger partial charge < -0.3 is 25.0 Å². The number of benzene rings is 3. The molecule has 3 N–H and O–H groups in total. The van der Waals surface area contributed by atoms with Crippen molar-refractivity contribution in [3.05, 3.63) is 125 Å². The first-order chi connectivity index (χ1) is 25.0. The first-order valence-electron chi connectivity index (χ1n) is 18.7. The van der Waals surface area contributed by atoms with Crippen LogP contribution in [0.3, 0.4) is 0 Å². The molecule has 0 bridgehead atoms. The second-order valence-electron chi connectivity index (χ2n) is 15.0. The van der Waals surface area contributed by atoms with Gasteiger partial charge in [-0.2, -0.15) is 0 Å². The van der Waals surface area contributed by atoms with Crippen molar-refractivity contribution in [2.75, 3.05) is 24.5 Å².